The van der Waals surface area contributed by atoms with Crippen LogP contribution in [0.1, 0.15) is 57.8 Å². The standard InChI is InChI=1S/C28H34N6O2/c29-22-4-2-1-3-21(22)28(36)34-25-14-23-24(15-30-25)33-26(32-23)17-9-11-20(12-10-17)31-27(35)19-8-6-16-5-7-18(16)13-19/h9-12,14-16,18-19,21-22H,1-8,13,29H2,(H,31,35)(H,32,33)(H,30,34,36). The number of amides is 2. The van der Waals surface area contributed by atoms with E-state index < -0.39 is 0 Å². The summed E-state index contributed by atoms with van der Waals surface area (Å²) in [6.45, 7) is 0. The lowest BCUT2D eigenvalue weighted by molar-refractivity contribution is -0.123. The quantitative estimate of drug-likeness (QED) is 0.410. The molecule has 5 N–H and O–H groups in total. The van der Waals surface area contributed by atoms with Crippen molar-refractivity contribution in [1.82, 2.24) is 15.0 Å². The maximum atomic E-state index is 12.8. The van der Waals surface area contributed by atoms with Crippen LogP contribution in [0.15, 0.2) is 36.5 Å². The molecule has 36 heavy (non-hydrogen) atoms. The number of aromatic nitrogens is 3. The van der Waals surface area contributed by atoms with Crippen LogP contribution in [-0.2, 0) is 9.59 Å². The molecule has 0 bridgehead atoms. The van der Waals surface area contributed by atoms with Gasteiger partial charge in [0.1, 0.15) is 11.6 Å². The molecule has 0 radical (unpaired) electrons. The lowest BCUT2D eigenvalue weighted by Crippen LogP contribution is -2.40. The first-order chi connectivity index (χ1) is 17.5. The predicted octanol–water partition coefficient (Wildman–Crippen LogP) is 4.85. The van der Waals surface area contributed by atoms with Crippen molar-refractivity contribution >= 4 is 34.4 Å². The van der Waals surface area contributed by atoms with Crippen molar-refractivity contribution in [3.05, 3.63) is 36.5 Å². The molecule has 3 aliphatic carbocycles. The summed E-state index contributed by atoms with van der Waals surface area (Å²) in [5.41, 5.74) is 9.40. The number of benzene rings is 1. The van der Waals surface area contributed by atoms with Crippen molar-refractivity contribution in [3.8, 4) is 11.4 Å². The summed E-state index contributed by atoms with van der Waals surface area (Å²) in [7, 11) is 0. The zero-order valence-electron chi connectivity index (χ0n) is 20.5. The number of carbonyl (C=O) groups is 2. The molecule has 0 spiro atoms. The number of carbonyl (C=O) groups excluding carboxylic acids is 2. The Labute approximate surface area is 210 Å². The van der Waals surface area contributed by atoms with Gasteiger partial charge < -0.3 is 21.4 Å². The zero-order chi connectivity index (χ0) is 24.6. The number of anilines is 2. The molecule has 3 fully saturated rings. The van der Waals surface area contributed by atoms with Crippen molar-refractivity contribution < 1.29 is 9.59 Å². The van der Waals surface area contributed by atoms with Gasteiger partial charge in [0, 0.05) is 29.3 Å². The first-order valence-corrected chi connectivity index (χ1v) is 13.4. The third-order valence-corrected chi connectivity index (χ3v) is 8.62. The van der Waals surface area contributed by atoms with Crippen molar-refractivity contribution in [2.45, 2.75) is 63.8 Å². The highest BCUT2D eigenvalue weighted by Crippen LogP contribution is 2.47. The second kappa shape index (κ2) is 9.65. The Kier molecular flexibility index (Phi) is 6.21. The number of imidazole rings is 1. The van der Waals surface area contributed by atoms with Crippen LogP contribution in [0.25, 0.3) is 22.4 Å². The molecule has 5 unspecified atom stereocenters. The highest BCUT2D eigenvalue weighted by Gasteiger charge is 2.38. The lowest BCUT2D eigenvalue weighted by Gasteiger charge is -2.43. The van der Waals surface area contributed by atoms with Gasteiger partial charge in [-0.1, -0.05) is 12.8 Å². The summed E-state index contributed by atoms with van der Waals surface area (Å²) in [5.74, 6) is 2.88. The molecular weight excluding hydrogens is 452 g/mol. The average molecular weight is 487 g/mol. The molecule has 5 atom stereocenters. The third-order valence-electron chi connectivity index (χ3n) is 8.62. The number of hydrogen-bond acceptors (Lipinski definition) is 5. The summed E-state index contributed by atoms with van der Waals surface area (Å²) in [5, 5.41) is 6.02. The van der Waals surface area contributed by atoms with Gasteiger partial charge in [0.15, 0.2) is 0 Å². The van der Waals surface area contributed by atoms with E-state index in [4.69, 9.17) is 10.7 Å². The highest BCUT2D eigenvalue weighted by molar-refractivity contribution is 5.94. The Bertz CT molecular complexity index is 1270. The lowest BCUT2D eigenvalue weighted by atomic mass is 9.62. The molecule has 3 aliphatic rings. The molecule has 2 aromatic heterocycles. The van der Waals surface area contributed by atoms with Crippen LogP contribution in [0.3, 0.4) is 0 Å². The first kappa shape index (κ1) is 23.2. The Morgan fingerprint density at radius 3 is 2.44 bits per heavy atom. The second-order valence-electron chi connectivity index (χ2n) is 10.9. The minimum atomic E-state index is -0.168. The number of nitrogens with two attached hydrogens (primary N) is 1. The van der Waals surface area contributed by atoms with Crippen LogP contribution in [0, 0.1) is 23.7 Å². The van der Waals surface area contributed by atoms with Gasteiger partial charge in [-0.2, -0.15) is 0 Å². The molecule has 188 valence electrons. The van der Waals surface area contributed by atoms with Crippen LogP contribution in [-0.4, -0.2) is 32.8 Å². The normalized spacial score (nSPS) is 27.6. The first-order valence-electron chi connectivity index (χ1n) is 13.4. The monoisotopic (exact) mass is 486 g/mol. The van der Waals surface area contributed by atoms with E-state index in [2.05, 4.69) is 20.6 Å². The summed E-state index contributed by atoms with van der Waals surface area (Å²) < 4.78 is 0. The van der Waals surface area contributed by atoms with Crippen LogP contribution in [0.4, 0.5) is 11.5 Å². The number of hydrogen-bond donors (Lipinski definition) is 4. The van der Waals surface area contributed by atoms with E-state index in [1.807, 2.05) is 24.3 Å². The van der Waals surface area contributed by atoms with Gasteiger partial charge >= 0.3 is 0 Å². The van der Waals surface area contributed by atoms with Gasteiger partial charge in [-0.05, 0) is 81.0 Å². The van der Waals surface area contributed by atoms with E-state index in [1.165, 1.54) is 19.3 Å². The van der Waals surface area contributed by atoms with Crippen molar-refractivity contribution in [2.75, 3.05) is 10.6 Å². The molecule has 3 saturated carbocycles. The molecule has 0 saturated heterocycles. The number of pyridine rings is 1. The van der Waals surface area contributed by atoms with Gasteiger partial charge in [0.25, 0.3) is 0 Å². The molecule has 8 heteroatoms. The fourth-order valence-electron chi connectivity index (χ4n) is 6.24. The van der Waals surface area contributed by atoms with Gasteiger partial charge in [-0.15, -0.1) is 0 Å². The topological polar surface area (TPSA) is 126 Å². The largest absolute Gasteiger partial charge is 0.337 e. The molecule has 0 aliphatic heterocycles. The molecule has 1 aromatic carbocycles. The van der Waals surface area contributed by atoms with E-state index in [0.29, 0.717) is 11.6 Å². The molecular formula is C28H34N6O2. The van der Waals surface area contributed by atoms with Gasteiger partial charge in [-0.25, -0.2) is 9.97 Å². The number of H-pyrrole nitrogens is 1. The van der Waals surface area contributed by atoms with Gasteiger partial charge in [0.2, 0.25) is 11.8 Å². The summed E-state index contributed by atoms with van der Waals surface area (Å²) in [6, 6.07) is 9.45. The fraction of sp³-hybridized carbons (Fsp3) is 0.500. The second-order valence-corrected chi connectivity index (χ2v) is 10.9. The SMILES string of the molecule is NC1CCCCC1C(=O)Nc1cc2nc(-c3ccc(NC(=O)C4CCC5CCC5C4)cc3)[nH]c2cn1. The van der Waals surface area contributed by atoms with Crippen molar-refractivity contribution in [2.24, 2.45) is 29.4 Å². The number of fused-ring (bicyclic) bond motifs is 2. The maximum absolute atomic E-state index is 12.8. The third kappa shape index (κ3) is 4.62. The van der Waals surface area contributed by atoms with Gasteiger partial charge in [-0.3, -0.25) is 9.59 Å². The zero-order valence-corrected chi connectivity index (χ0v) is 20.5. The minimum Gasteiger partial charge on any atom is -0.337 e. The minimum absolute atomic E-state index is 0.0665. The summed E-state index contributed by atoms with van der Waals surface area (Å²) in [6.07, 6.45) is 11.4. The predicted molar refractivity (Wildman–Crippen MR) is 140 cm³/mol. The van der Waals surface area contributed by atoms with Crippen LogP contribution >= 0.6 is 0 Å². The molecule has 6 rings (SSSR count). The summed E-state index contributed by atoms with van der Waals surface area (Å²) >= 11 is 0. The molecule has 2 heterocycles. The van der Waals surface area contributed by atoms with Crippen molar-refractivity contribution in [1.29, 1.82) is 0 Å². The highest BCUT2D eigenvalue weighted by atomic mass is 16.2. The molecule has 2 amide bonds. The smallest absolute Gasteiger partial charge is 0.230 e. The van der Waals surface area contributed by atoms with Gasteiger partial charge in [0.05, 0.1) is 23.1 Å². The van der Waals surface area contributed by atoms with Crippen molar-refractivity contribution in [3.63, 3.8) is 0 Å². The molecule has 8 nitrogen and oxygen atoms in total. The van der Waals surface area contributed by atoms with Crippen LogP contribution < -0.4 is 16.4 Å². The number of aromatic amines is 1. The molecule has 3 aromatic rings. The Balaban J connectivity index is 1.11. The van der Waals surface area contributed by atoms with Crippen LogP contribution in [0.5, 0.6) is 0 Å². The van der Waals surface area contributed by atoms with Crippen LogP contribution in [0.2, 0.25) is 0 Å². The Morgan fingerprint density at radius 2 is 1.69 bits per heavy atom. The van der Waals surface area contributed by atoms with E-state index in [-0.39, 0.29) is 29.7 Å². The Hall–Kier alpha value is -3.26. The number of rotatable bonds is 5. The fourth-order valence-corrected chi connectivity index (χ4v) is 6.24. The Morgan fingerprint density at radius 1 is 0.917 bits per heavy atom. The number of nitrogens with zero attached hydrogens (tertiary/aromatic N) is 2. The maximum Gasteiger partial charge on any atom is 0.230 e. The summed E-state index contributed by atoms with van der Waals surface area (Å²) in [4.78, 5) is 37.9. The average Bonchev–Trinajstić information content (AvgIpc) is 3.29. The van der Waals surface area contributed by atoms with E-state index in [0.717, 1.165) is 72.6 Å². The van der Waals surface area contributed by atoms with E-state index >= 15 is 0 Å². The van der Waals surface area contributed by atoms with E-state index in [9.17, 15) is 9.59 Å². The van der Waals surface area contributed by atoms with E-state index in [1.54, 1.807) is 12.3 Å². The number of nitrogens with one attached hydrogen (secondary N) is 3.